The van der Waals surface area contributed by atoms with Gasteiger partial charge in [-0.1, -0.05) is 27.7 Å². The second kappa shape index (κ2) is 4.56. The fourth-order valence-electron chi connectivity index (χ4n) is 1.82. The number of carboxylic acids is 1. The summed E-state index contributed by atoms with van der Waals surface area (Å²) < 4.78 is 0.0239. The summed E-state index contributed by atoms with van der Waals surface area (Å²) in [5, 5.41) is 9.57. The minimum absolute atomic E-state index is 0.0239. The van der Waals surface area contributed by atoms with Gasteiger partial charge in [0.25, 0.3) is 0 Å². The van der Waals surface area contributed by atoms with Crippen LogP contribution in [0.4, 0.5) is 0 Å². The topological polar surface area (TPSA) is 37.3 Å². The number of rotatable bonds is 5. The molecule has 0 spiro atoms. The normalized spacial score (nSPS) is 13.4. The fourth-order valence-corrected chi connectivity index (χ4v) is 3.54. The molecule has 0 aliphatic heterocycles. The van der Waals surface area contributed by atoms with Gasteiger partial charge in [-0.3, -0.25) is 4.79 Å². The summed E-state index contributed by atoms with van der Waals surface area (Å²) in [6.07, 6.45) is 0.693. The van der Waals surface area contributed by atoms with Gasteiger partial charge in [-0.15, -0.1) is 0 Å². The second-order valence-corrected chi connectivity index (χ2v) is 7.58. The molecule has 0 aromatic rings. The molecule has 2 nitrogen and oxygen atoms in total. The molecule has 0 amide bonds. The lowest BCUT2D eigenvalue weighted by Crippen LogP contribution is -2.33. The van der Waals surface area contributed by atoms with E-state index in [9.17, 15) is 4.79 Å². The van der Waals surface area contributed by atoms with Gasteiger partial charge in [0.05, 0.1) is 5.41 Å². The molecule has 14 heavy (non-hydrogen) atoms. The summed E-state index contributed by atoms with van der Waals surface area (Å²) >= 11 is 1.84. The predicted molar refractivity (Wildman–Crippen MR) is 62.8 cm³/mol. The Morgan fingerprint density at radius 3 is 2.00 bits per heavy atom. The largest absolute Gasteiger partial charge is 0.481 e. The van der Waals surface area contributed by atoms with Crippen molar-refractivity contribution in [3.63, 3.8) is 0 Å². The number of thioether (sulfide) groups is 1. The third-order valence-corrected chi connectivity index (χ3v) is 3.26. The molecular weight excluding hydrogens is 196 g/mol. The minimum Gasteiger partial charge on any atom is -0.481 e. The first-order chi connectivity index (χ1) is 6.07. The Labute approximate surface area is 91.5 Å². The van der Waals surface area contributed by atoms with Crippen molar-refractivity contribution in [2.75, 3.05) is 0 Å². The van der Waals surface area contributed by atoms with Gasteiger partial charge in [0.2, 0.25) is 0 Å². The Balaban J connectivity index is 4.42. The van der Waals surface area contributed by atoms with Crippen LogP contribution in [0.25, 0.3) is 0 Å². The zero-order valence-corrected chi connectivity index (χ0v) is 10.9. The highest BCUT2D eigenvalue weighted by Gasteiger charge is 2.35. The van der Waals surface area contributed by atoms with Gasteiger partial charge >= 0.3 is 5.97 Å². The van der Waals surface area contributed by atoms with E-state index in [-0.39, 0.29) is 4.75 Å². The van der Waals surface area contributed by atoms with Crippen LogP contribution in [0, 0.1) is 5.41 Å². The average molecular weight is 218 g/mol. The third kappa shape index (κ3) is 4.89. The maximum Gasteiger partial charge on any atom is 0.309 e. The molecule has 3 heteroatoms. The standard InChI is InChI=1S/C11H22O2S/c1-8(2)14-11(5,6)7-10(3,4)9(12)13/h8H,7H2,1-6H3,(H,12,13). The van der Waals surface area contributed by atoms with Crippen molar-refractivity contribution in [1.82, 2.24) is 0 Å². The van der Waals surface area contributed by atoms with Gasteiger partial charge in [0.1, 0.15) is 0 Å². The molecule has 0 bridgehead atoms. The summed E-state index contributed by atoms with van der Waals surface area (Å²) in [4.78, 5) is 11.0. The van der Waals surface area contributed by atoms with E-state index in [0.29, 0.717) is 11.7 Å². The van der Waals surface area contributed by atoms with Crippen LogP contribution in [-0.4, -0.2) is 21.1 Å². The van der Waals surface area contributed by atoms with Crippen molar-refractivity contribution in [2.45, 2.75) is 58.0 Å². The van der Waals surface area contributed by atoms with Crippen LogP contribution in [0.3, 0.4) is 0 Å². The number of hydrogen-bond acceptors (Lipinski definition) is 2. The summed E-state index contributed by atoms with van der Waals surface area (Å²) in [6.45, 7) is 12.1. The van der Waals surface area contributed by atoms with Crippen LogP contribution in [-0.2, 0) is 4.79 Å². The van der Waals surface area contributed by atoms with E-state index in [1.807, 2.05) is 11.8 Å². The van der Waals surface area contributed by atoms with Crippen molar-refractivity contribution in [1.29, 1.82) is 0 Å². The molecule has 0 aliphatic carbocycles. The average Bonchev–Trinajstić information content (AvgIpc) is 1.79. The van der Waals surface area contributed by atoms with Crippen molar-refractivity contribution in [2.24, 2.45) is 5.41 Å². The lowest BCUT2D eigenvalue weighted by Gasteiger charge is -2.32. The predicted octanol–water partition coefficient (Wildman–Crippen LogP) is 3.41. The highest BCUT2D eigenvalue weighted by molar-refractivity contribution is 8.01. The number of carboxylic acid groups (broad SMARTS) is 1. The van der Waals surface area contributed by atoms with Gasteiger partial charge in [-0.05, 0) is 25.5 Å². The monoisotopic (exact) mass is 218 g/mol. The van der Waals surface area contributed by atoms with Gasteiger partial charge < -0.3 is 5.11 Å². The third-order valence-electron chi connectivity index (χ3n) is 2.00. The van der Waals surface area contributed by atoms with E-state index >= 15 is 0 Å². The van der Waals surface area contributed by atoms with Crippen molar-refractivity contribution < 1.29 is 9.90 Å². The summed E-state index contributed by atoms with van der Waals surface area (Å²) in [7, 11) is 0. The van der Waals surface area contributed by atoms with E-state index < -0.39 is 11.4 Å². The first-order valence-corrected chi connectivity index (χ1v) is 5.86. The molecule has 0 rings (SSSR count). The molecule has 0 radical (unpaired) electrons. The molecule has 0 saturated heterocycles. The number of hydrogen-bond donors (Lipinski definition) is 1. The minimum atomic E-state index is -0.713. The highest BCUT2D eigenvalue weighted by atomic mass is 32.2. The molecule has 1 N–H and O–H groups in total. The van der Waals surface area contributed by atoms with E-state index in [2.05, 4.69) is 27.7 Å². The van der Waals surface area contributed by atoms with Gasteiger partial charge in [0, 0.05) is 4.75 Å². The maximum atomic E-state index is 11.0. The molecule has 0 fully saturated rings. The van der Waals surface area contributed by atoms with Crippen LogP contribution >= 0.6 is 11.8 Å². The van der Waals surface area contributed by atoms with Crippen molar-refractivity contribution in [3.8, 4) is 0 Å². The smallest absolute Gasteiger partial charge is 0.309 e. The van der Waals surface area contributed by atoms with Crippen LogP contribution in [0.5, 0.6) is 0 Å². The Bertz CT molecular complexity index is 207. The summed E-state index contributed by atoms with van der Waals surface area (Å²) in [5.74, 6) is -0.713. The molecular formula is C11H22O2S. The van der Waals surface area contributed by atoms with E-state index in [1.165, 1.54) is 0 Å². The summed E-state index contributed by atoms with van der Waals surface area (Å²) in [5.41, 5.74) is -0.634. The molecule has 0 aromatic carbocycles. The van der Waals surface area contributed by atoms with Crippen LogP contribution in [0.15, 0.2) is 0 Å². The van der Waals surface area contributed by atoms with Crippen LogP contribution in [0.2, 0.25) is 0 Å². The maximum absolute atomic E-state index is 11.0. The SMILES string of the molecule is CC(C)SC(C)(C)CC(C)(C)C(=O)O. The van der Waals surface area contributed by atoms with Gasteiger partial charge in [0.15, 0.2) is 0 Å². The lowest BCUT2D eigenvalue weighted by molar-refractivity contribution is -0.147. The molecule has 0 aromatic heterocycles. The van der Waals surface area contributed by atoms with Crippen molar-refractivity contribution >= 4 is 17.7 Å². The molecule has 0 heterocycles. The van der Waals surface area contributed by atoms with Gasteiger partial charge in [-0.25, -0.2) is 0 Å². The van der Waals surface area contributed by atoms with E-state index in [4.69, 9.17) is 5.11 Å². The van der Waals surface area contributed by atoms with E-state index in [0.717, 1.165) is 0 Å². The number of aliphatic carboxylic acids is 1. The first-order valence-electron chi connectivity index (χ1n) is 4.98. The molecule has 0 atom stereocenters. The molecule has 0 aliphatic rings. The zero-order valence-electron chi connectivity index (χ0n) is 10.0. The number of carbonyl (C=O) groups is 1. The highest BCUT2D eigenvalue weighted by Crippen LogP contribution is 2.39. The van der Waals surface area contributed by atoms with Crippen LogP contribution < -0.4 is 0 Å². The Kier molecular flexibility index (Phi) is 4.50. The molecule has 0 unspecified atom stereocenters. The first kappa shape index (κ1) is 13.8. The zero-order chi connectivity index (χ0) is 11.6. The van der Waals surface area contributed by atoms with E-state index in [1.54, 1.807) is 13.8 Å². The quantitative estimate of drug-likeness (QED) is 0.768. The van der Waals surface area contributed by atoms with Crippen molar-refractivity contribution in [3.05, 3.63) is 0 Å². The fraction of sp³-hybridized carbons (Fsp3) is 0.909. The molecule has 84 valence electrons. The lowest BCUT2D eigenvalue weighted by atomic mass is 9.84. The second-order valence-electron chi connectivity index (χ2n) is 5.29. The Morgan fingerprint density at radius 2 is 1.71 bits per heavy atom. The van der Waals surface area contributed by atoms with Crippen LogP contribution in [0.1, 0.15) is 48.0 Å². The summed E-state index contributed by atoms with van der Waals surface area (Å²) in [6, 6.07) is 0. The van der Waals surface area contributed by atoms with Gasteiger partial charge in [-0.2, -0.15) is 11.8 Å². The Morgan fingerprint density at radius 1 is 1.29 bits per heavy atom. The molecule has 0 saturated carbocycles. The Hall–Kier alpha value is -0.180.